The van der Waals surface area contributed by atoms with Gasteiger partial charge >= 0.3 is 6.01 Å². The lowest BCUT2D eigenvalue weighted by Gasteiger charge is -1.99. The molecule has 0 atom stereocenters. The summed E-state index contributed by atoms with van der Waals surface area (Å²) < 4.78 is 33.6. The molecule has 0 radical (unpaired) electrons. The van der Waals surface area contributed by atoms with Gasteiger partial charge in [0, 0.05) is 11.8 Å². The molecule has 1 N–H and O–H groups in total. The molecule has 0 spiro atoms. The molecular formula is C16H15N3O5S. The minimum atomic E-state index is -3.28. The van der Waals surface area contributed by atoms with Crippen LogP contribution in [0, 0.1) is 13.8 Å². The van der Waals surface area contributed by atoms with Crippen molar-refractivity contribution in [2.75, 3.05) is 11.6 Å². The van der Waals surface area contributed by atoms with E-state index in [1.807, 2.05) is 0 Å². The van der Waals surface area contributed by atoms with Crippen molar-refractivity contribution in [3.05, 3.63) is 47.4 Å². The summed E-state index contributed by atoms with van der Waals surface area (Å²) in [6.07, 6.45) is 1.13. The van der Waals surface area contributed by atoms with E-state index in [9.17, 15) is 13.2 Å². The molecule has 0 aliphatic rings. The number of nitrogens with zero attached hydrogens (tertiary/aromatic N) is 2. The lowest BCUT2D eigenvalue weighted by atomic mass is 10.2. The minimum Gasteiger partial charge on any atom is -0.466 e. The first kappa shape index (κ1) is 16.9. The van der Waals surface area contributed by atoms with Crippen LogP contribution in [0.5, 0.6) is 0 Å². The van der Waals surface area contributed by atoms with Crippen LogP contribution < -0.4 is 5.32 Å². The van der Waals surface area contributed by atoms with E-state index in [1.165, 1.54) is 12.1 Å². The first-order valence-corrected chi connectivity index (χ1v) is 9.15. The smallest absolute Gasteiger partial charge is 0.322 e. The summed E-state index contributed by atoms with van der Waals surface area (Å²) in [6.45, 7) is 3.43. The van der Waals surface area contributed by atoms with Crippen molar-refractivity contribution < 1.29 is 22.0 Å². The van der Waals surface area contributed by atoms with E-state index >= 15 is 0 Å². The van der Waals surface area contributed by atoms with Gasteiger partial charge in [-0.15, -0.1) is 5.10 Å². The topological polar surface area (TPSA) is 115 Å². The quantitative estimate of drug-likeness (QED) is 0.759. The molecule has 3 aromatic rings. The molecule has 9 heteroatoms. The summed E-state index contributed by atoms with van der Waals surface area (Å²) in [5.74, 6) is 0.860. The number of carbonyl (C=O) groups is 1. The Kier molecular flexibility index (Phi) is 4.17. The van der Waals surface area contributed by atoms with Gasteiger partial charge in [-0.1, -0.05) is 5.10 Å². The van der Waals surface area contributed by atoms with E-state index < -0.39 is 15.7 Å². The van der Waals surface area contributed by atoms with Crippen molar-refractivity contribution in [3.63, 3.8) is 0 Å². The van der Waals surface area contributed by atoms with Gasteiger partial charge in [0.05, 0.1) is 10.5 Å². The molecule has 0 bridgehead atoms. The molecule has 1 amide bonds. The van der Waals surface area contributed by atoms with Crippen LogP contribution in [0.3, 0.4) is 0 Å². The Morgan fingerprint density at radius 3 is 2.32 bits per heavy atom. The second-order valence-corrected chi connectivity index (χ2v) is 7.51. The van der Waals surface area contributed by atoms with Crippen LogP contribution in [0.1, 0.15) is 21.9 Å². The molecule has 1 aromatic carbocycles. The van der Waals surface area contributed by atoms with Gasteiger partial charge in [-0.2, -0.15) is 0 Å². The number of anilines is 1. The monoisotopic (exact) mass is 361 g/mol. The van der Waals surface area contributed by atoms with Crippen molar-refractivity contribution in [3.8, 4) is 11.5 Å². The average molecular weight is 361 g/mol. The van der Waals surface area contributed by atoms with Gasteiger partial charge in [-0.05, 0) is 44.2 Å². The molecule has 0 aliphatic carbocycles. The minimum absolute atomic E-state index is 0.0644. The summed E-state index contributed by atoms with van der Waals surface area (Å²) in [4.78, 5) is 12.4. The molecule has 0 unspecified atom stereocenters. The Morgan fingerprint density at radius 2 is 1.76 bits per heavy atom. The fourth-order valence-electron chi connectivity index (χ4n) is 2.26. The molecule has 2 aromatic heterocycles. The predicted octanol–water partition coefficient (Wildman–Crippen LogP) is 2.60. The van der Waals surface area contributed by atoms with E-state index in [2.05, 4.69) is 15.5 Å². The zero-order chi connectivity index (χ0) is 18.2. The highest BCUT2D eigenvalue weighted by molar-refractivity contribution is 7.90. The van der Waals surface area contributed by atoms with Gasteiger partial charge in [-0.25, -0.2) is 8.42 Å². The molecule has 130 valence electrons. The van der Waals surface area contributed by atoms with E-state index in [0.717, 1.165) is 6.26 Å². The van der Waals surface area contributed by atoms with E-state index in [-0.39, 0.29) is 16.8 Å². The van der Waals surface area contributed by atoms with Crippen LogP contribution in [0.2, 0.25) is 0 Å². The summed E-state index contributed by atoms with van der Waals surface area (Å²) in [7, 11) is -3.28. The van der Waals surface area contributed by atoms with Crippen molar-refractivity contribution >= 4 is 21.8 Å². The standard InChI is InChI=1S/C16H15N3O5S/c1-9-8-13(10(2)23-9)14(20)17-16-19-18-15(24-16)11-4-6-12(7-5-11)25(3,21)22/h4-8H,1-3H3,(H,17,19,20). The Labute approximate surface area is 143 Å². The highest BCUT2D eigenvalue weighted by atomic mass is 32.2. The van der Waals surface area contributed by atoms with Gasteiger partial charge < -0.3 is 8.83 Å². The highest BCUT2D eigenvalue weighted by Gasteiger charge is 2.17. The van der Waals surface area contributed by atoms with Crippen LogP contribution in [0.15, 0.2) is 44.1 Å². The van der Waals surface area contributed by atoms with Crippen molar-refractivity contribution in [1.82, 2.24) is 10.2 Å². The van der Waals surface area contributed by atoms with Crippen LogP contribution in [-0.2, 0) is 9.84 Å². The number of amides is 1. The van der Waals surface area contributed by atoms with Gasteiger partial charge in [0.1, 0.15) is 11.5 Å². The summed E-state index contributed by atoms with van der Waals surface area (Å²) in [5.41, 5.74) is 0.922. The van der Waals surface area contributed by atoms with Crippen molar-refractivity contribution in [2.45, 2.75) is 18.7 Å². The van der Waals surface area contributed by atoms with Crippen LogP contribution in [0.4, 0.5) is 6.01 Å². The van der Waals surface area contributed by atoms with Gasteiger partial charge in [0.15, 0.2) is 9.84 Å². The Hall–Kier alpha value is -2.94. The summed E-state index contributed by atoms with van der Waals surface area (Å²) in [6, 6.07) is 7.56. The molecular weight excluding hydrogens is 346 g/mol. The van der Waals surface area contributed by atoms with Gasteiger partial charge in [-0.3, -0.25) is 10.1 Å². The van der Waals surface area contributed by atoms with Crippen molar-refractivity contribution in [1.29, 1.82) is 0 Å². The number of benzene rings is 1. The van der Waals surface area contributed by atoms with Crippen LogP contribution in [0.25, 0.3) is 11.5 Å². The number of nitrogens with one attached hydrogen (secondary N) is 1. The first-order chi connectivity index (χ1) is 11.7. The normalized spacial score (nSPS) is 11.5. The molecule has 25 heavy (non-hydrogen) atoms. The fourth-order valence-corrected chi connectivity index (χ4v) is 2.89. The first-order valence-electron chi connectivity index (χ1n) is 7.26. The number of hydrogen-bond acceptors (Lipinski definition) is 7. The Bertz CT molecular complexity index is 1030. The predicted molar refractivity (Wildman–Crippen MR) is 89.0 cm³/mol. The zero-order valence-corrected chi connectivity index (χ0v) is 14.5. The molecule has 0 fully saturated rings. The molecule has 0 saturated carbocycles. The number of hydrogen-bond donors (Lipinski definition) is 1. The van der Waals surface area contributed by atoms with Crippen LogP contribution in [-0.4, -0.2) is 30.8 Å². The van der Waals surface area contributed by atoms with E-state index in [1.54, 1.807) is 32.0 Å². The molecule has 0 aliphatic heterocycles. The average Bonchev–Trinajstić information content (AvgIpc) is 3.13. The number of rotatable bonds is 4. The largest absolute Gasteiger partial charge is 0.466 e. The number of aromatic nitrogens is 2. The molecule has 2 heterocycles. The van der Waals surface area contributed by atoms with Gasteiger partial charge in [0.25, 0.3) is 5.91 Å². The molecule has 3 rings (SSSR count). The maximum atomic E-state index is 12.2. The number of carbonyl (C=O) groups excluding carboxylic acids is 1. The lowest BCUT2D eigenvalue weighted by molar-refractivity contribution is 0.102. The second kappa shape index (κ2) is 6.17. The highest BCUT2D eigenvalue weighted by Crippen LogP contribution is 2.22. The van der Waals surface area contributed by atoms with Crippen molar-refractivity contribution in [2.24, 2.45) is 0 Å². The third-order valence-electron chi connectivity index (χ3n) is 3.46. The lowest BCUT2D eigenvalue weighted by Crippen LogP contribution is -2.12. The van der Waals surface area contributed by atoms with E-state index in [0.29, 0.717) is 22.6 Å². The SMILES string of the molecule is Cc1cc(C(=O)Nc2nnc(-c3ccc(S(C)(=O)=O)cc3)o2)c(C)o1. The van der Waals surface area contributed by atoms with Gasteiger partial charge in [0.2, 0.25) is 5.89 Å². The Balaban J connectivity index is 1.78. The number of furan rings is 1. The Morgan fingerprint density at radius 1 is 1.08 bits per heavy atom. The maximum absolute atomic E-state index is 12.2. The second-order valence-electron chi connectivity index (χ2n) is 5.49. The maximum Gasteiger partial charge on any atom is 0.322 e. The zero-order valence-electron chi connectivity index (χ0n) is 13.7. The summed E-state index contributed by atoms with van der Waals surface area (Å²) >= 11 is 0. The number of sulfone groups is 1. The third-order valence-corrected chi connectivity index (χ3v) is 4.59. The fraction of sp³-hybridized carbons (Fsp3) is 0.188. The molecule has 0 saturated heterocycles. The number of aryl methyl sites for hydroxylation is 2. The molecule has 8 nitrogen and oxygen atoms in total. The van der Waals surface area contributed by atoms with Crippen LogP contribution >= 0.6 is 0 Å². The summed E-state index contributed by atoms with van der Waals surface area (Å²) in [5, 5.41) is 10.1. The van der Waals surface area contributed by atoms with E-state index in [4.69, 9.17) is 8.83 Å². The third kappa shape index (κ3) is 3.61.